The number of ether oxygens (including phenoxy) is 1. The summed E-state index contributed by atoms with van der Waals surface area (Å²) in [5, 5.41) is 0. The van der Waals surface area contributed by atoms with Crippen LogP contribution in [0.2, 0.25) is 0 Å². The van der Waals surface area contributed by atoms with Gasteiger partial charge >= 0.3 is 6.09 Å². The molecule has 0 saturated carbocycles. The van der Waals surface area contributed by atoms with Crippen LogP contribution >= 0.6 is 0 Å². The lowest BCUT2D eigenvalue weighted by atomic mass is 10.0. The molecule has 0 N–H and O–H groups in total. The Morgan fingerprint density at radius 2 is 2.21 bits per heavy atom. The molecule has 0 aliphatic carbocycles. The first-order chi connectivity index (χ1) is 9.22. The average Bonchev–Trinajstić information content (AvgIpc) is 2.94. The second-order valence-electron chi connectivity index (χ2n) is 4.94. The van der Waals surface area contributed by atoms with E-state index in [-0.39, 0.29) is 24.7 Å². The topological polar surface area (TPSA) is 46.6 Å². The summed E-state index contributed by atoms with van der Waals surface area (Å²) in [7, 11) is 0. The second-order valence-corrected chi connectivity index (χ2v) is 4.94. The van der Waals surface area contributed by atoms with Gasteiger partial charge < -0.3 is 14.4 Å². The minimum Gasteiger partial charge on any atom is -0.445 e. The fourth-order valence-electron chi connectivity index (χ4n) is 2.46. The highest BCUT2D eigenvalue weighted by atomic mass is 16.6. The van der Waals surface area contributed by atoms with Crippen molar-refractivity contribution in [1.82, 2.24) is 4.90 Å². The van der Waals surface area contributed by atoms with E-state index < -0.39 is 0 Å². The lowest BCUT2D eigenvalue weighted by molar-refractivity contribution is -0.112. The van der Waals surface area contributed by atoms with Crippen LogP contribution in [0, 0.1) is 5.92 Å². The van der Waals surface area contributed by atoms with Crippen molar-refractivity contribution in [3.05, 3.63) is 35.9 Å². The quantitative estimate of drug-likeness (QED) is 0.783. The molecule has 4 nitrogen and oxygen atoms in total. The maximum Gasteiger partial charge on any atom is 0.410 e. The van der Waals surface area contributed by atoms with E-state index in [2.05, 4.69) is 0 Å². The summed E-state index contributed by atoms with van der Waals surface area (Å²) < 4.78 is 5.31. The van der Waals surface area contributed by atoms with Crippen LogP contribution in [-0.2, 0) is 16.1 Å². The fraction of sp³-hybridized carbons (Fsp3) is 0.467. The Labute approximate surface area is 113 Å². The first-order valence-electron chi connectivity index (χ1n) is 6.65. The Morgan fingerprint density at radius 3 is 2.89 bits per heavy atom. The Hall–Kier alpha value is -1.84. The molecule has 1 amide bonds. The van der Waals surface area contributed by atoms with Crippen LogP contribution in [0.25, 0.3) is 0 Å². The van der Waals surface area contributed by atoms with Crippen molar-refractivity contribution in [2.24, 2.45) is 5.92 Å². The third kappa shape index (κ3) is 3.34. The lowest BCUT2D eigenvalue weighted by Crippen LogP contribution is -2.40. The van der Waals surface area contributed by atoms with Gasteiger partial charge in [-0.25, -0.2) is 4.79 Å². The van der Waals surface area contributed by atoms with Gasteiger partial charge in [0.15, 0.2) is 0 Å². The Morgan fingerprint density at radius 1 is 1.47 bits per heavy atom. The molecule has 102 valence electrons. The molecule has 0 radical (unpaired) electrons. The summed E-state index contributed by atoms with van der Waals surface area (Å²) in [6.07, 6.45) is 2.40. The molecular weight excluding hydrogens is 242 g/mol. The molecule has 1 saturated heterocycles. The zero-order chi connectivity index (χ0) is 13.7. The van der Waals surface area contributed by atoms with Crippen LogP contribution < -0.4 is 0 Å². The fourth-order valence-corrected chi connectivity index (χ4v) is 2.46. The lowest BCUT2D eigenvalue weighted by Gasteiger charge is -2.26. The van der Waals surface area contributed by atoms with E-state index in [4.69, 9.17) is 4.74 Å². The van der Waals surface area contributed by atoms with Crippen LogP contribution in [0.4, 0.5) is 4.79 Å². The van der Waals surface area contributed by atoms with Crippen molar-refractivity contribution in [3.63, 3.8) is 0 Å². The maximum atomic E-state index is 12.0. The number of nitrogens with zero attached hydrogens (tertiary/aromatic N) is 1. The third-order valence-electron chi connectivity index (χ3n) is 3.56. The standard InChI is InChI=1S/C15H19NO3/c1-12(10-17)14-8-5-9-16(14)15(18)19-11-13-6-3-2-4-7-13/h2-4,6-7,10,12,14H,5,8-9,11H2,1H3/t12-,14+/m1/s1. The number of carbonyl (C=O) groups excluding carboxylic acids is 2. The van der Waals surface area contributed by atoms with Crippen molar-refractivity contribution in [3.8, 4) is 0 Å². The van der Waals surface area contributed by atoms with Crippen LogP contribution in [0.1, 0.15) is 25.3 Å². The summed E-state index contributed by atoms with van der Waals surface area (Å²) in [4.78, 5) is 24.6. The van der Waals surface area contributed by atoms with Crippen LogP contribution in [0.5, 0.6) is 0 Å². The van der Waals surface area contributed by atoms with Crippen LogP contribution in [0.3, 0.4) is 0 Å². The number of rotatable bonds is 4. The SMILES string of the molecule is C[C@H](C=O)[C@@H]1CCCN1C(=O)OCc1ccccc1. The predicted octanol–water partition coefficient (Wildman–Crippen LogP) is 2.62. The van der Waals surface area contributed by atoms with Gasteiger partial charge in [0.05, 0.1) is 0 Å². The minimum atomic E-state index is -0.319. The molecule has 1 aromatic rings. The van der Waals surface area contributed by atoms with E-state index in [0.29, 0.717) is 6.54 Å². The number of aldehydes is 1. The van der Waals surface area contributed by atoms with Crippen molar-refractivity contribution in [2.45, 2.75) is 32.4 Å². The van der Waals surface area contributed by atoms with E-state index in [1.54, 1.807) is 4.90 Å². The number of amides is 1. The van der Waals surface area contributed by atoms with Crippen molar-refractivity contribution >= 4 is 12.4 Å². The average molecular weight is 261 g/mol. The number of carbonyl (C=O) groups is 2. The molecule has 4 heteroatoms. The van der Waals surface area contributed by atoms with Gasteiger partial charge in [0.25, 0.3) is 0 Å². The summed E-state index contributed by atoms with van der Waals surface area (Å²) in [5.41, 5.74) is 0.968. The van der Waals surface area contributed by atoms with Gasteiger partial charge in [-0.2, -0.15) is 0 Å². The summed E-state index contributed by atoms with van der Waals surface area (Å²) >= 11 is 0. The molecule has 19 heavy (non-hydrogen) atoms. The number of benzene rings is 1. The third-order valence-corrected chi connectivity index (χ3v) is 3.56. The van der Waals surface area contributed by atoms with Gasteiger partial charge in [-0.3, -0.25) is 0 Å². The van der Waals surface area contributed by atoms with E-state index in [1.165, 1.54) is 0 Å². The van der Waals surface area contributed by atoms with Crippen LogP contribution in [-0.4, -0.2) is 29.9 Å². The zero-order valence-corrected chi connectivity index (χ0v) is 11.1. The number of likely N-dealkylation sites (tertiary alicyclic amines) is 1. The molecule has 1 fully saturated rings. The molecule has 2 rings (SSSR count). The van der Waals surface area contributed by atoms with Gasteiger partial charge in [0.2, 0.25) is 0 Å². The van der Waals surface area contributed by atoms with E-state index in [9.17, 15) is 9.59 Å². The molecule has 0 bridgehead atoms. The summed E-state index contributed by atoms with van der Waals surface area (Å²) in [5.74, 6) is -0.133. The molecule has 1 aliphatic heterocycles. The minimum absolute atomic E-state index is 0.0132. The van der Waals surface area contributed by atoms with Gasteiger partial charge in [0, 0.05) is 18.5 Å². The summed E-state index contributed by atoms with van der Waals surface area (Å²) in [6, 6.07) is 9.58. The van der Waals surface area contributed by atoms with E-state index >= 15 is 0 Å². The predicted molar refractivity (Wildman–Crippen MR) is 71.6 cm³/mol. The number of hydrogen-bond donors (Lipinski definition) is 0. The molecule has 0 spiro atoms. The molecule has 1 aliphatic rings. The van der Waals surface area contributed by atoms with Gasteiger partial charge in [0.1, 0.15) is 12.9 Å². The van der Waals surface area contributed by atoms with Crippen molar-refractivity contribution < 1.29 is 14.3 Å². The number of hydrogen-bond acceptors (Lipinski definition) is 3. The van der Waals surface area contributed by atoms with E-state index in [0.717, 1.165) is 24.7 Å². The smallest absolute Gasteiger partial charge is 0.410 e. The van der Waals surface area contributed by atoms with Crippen molar-refractivity contribution in [2.75, 3.05) is 6.54 Å². The maximum absolute atomic E-state index is 12.0. The molecule has 0 unspecified atom stereocenters. The molecule has 2 atom stereocenters. The van der Waals surface area contributed by atoms with Gasteiger partial charge in [-0.05, 0) is 18.4 Å². The van der Waals surface area contributed by atoms with Crippen LogP contribution in [0.15, 0.2) is 30.3 Å². The zero-order valence-electron chi connectivity index (χ0n) is 11.1. The highest BCUT2D eigenvalue weighted by Crippen LogP contribution is 2.24. The summed E-state index contributed by atoms with van der Waals surface area (Å²) in [6.45, 7) is 2.80. The first-order valence-corrected chi connectivity index (χ1v) is 6.65. The van der Waals surface area contributed by atoms with E-state index in [1.807, 2.05) is 37.3 Å². The molecule has 0 aromatic heterocycles. The highest BCUT2D eigenvalue weighted by Gasteiger charge is 2.33. The van der Waals surface area contributed by atoms with Gasteiger partial charge in [-0.1, -0.05) is 37.3 Å². The Bertz CT molecular complexity index is 432. The van der Waals surface area contributed by atoms with Gasteiger partial charge in [-0.15, -0.1) is 0 Å². The first kappa shape index (κ1) is 13.6. The Balaban J connectivity index is 1.90. The molecule has 1 heterocycles. The highest BCUT2D eigenvalue weighted by molar-refractivity contribution is 5.69. The second kappa shape index (κ2) is 6.36. The Kier molecular flexibility index (Phi) is 4.55. The molecule has 1 aromatic carbocycles. The monoisotopic (exact) mass is 261 g/mol. The van der Waals surface area contributed by atoms with Crippen molar-refractivity contribution in [1.29, 1.82) is 0 Å². The molecular formula is C15H19NO3. The normalized spacial score (nSPS) is 20.1. The largest absolute Gasteiger partial charge is 0.445 e.